The first kappa shape index (κ1) is 95.5. The van der Waals surface area contributed by atoms with Crippen molar-refractivity contribution in [3.05, 3.63) is 268 Å². The highest BCUT2D eigenvalue weighted by molar-refractivity contribution is 5.93. The number of unbranched alkanes of at least 4 members (excludes halogenated alkanes) is 30. The summed E-state index contributed by atoms with van der Waals surface area (Å²) in [5.41, 5.74) is 43.4. The maximum absolute atomic E-state index is 5.61. The molecular formula is C130H165N. The zero-order valence-corrected chi connectivity index (χ0v) is 83.5. The van der Waals surface area contributed by atoms with Crippen molar-refractivity contribution in [1.29, 1.82) is 0 Å². The number of hydrogen-bond donors (Lipinski definition) is 0. The molecule has 0 atom stereocenters. The van der Waals surface area contributed by atoms with E-state index >= 15 is 0 Å². The first-order valence-electron chi connectivity index (χ1n) is 54.8. The van der Waals surface area contributed by atoms with Gasteiger partial charge >= 0.3 is 0 Å². The average molecular weight is 1740 g/mol. The SMILES string of the molecule is CCCCCCC1(CCCCCC)c2ccccc2-c2ccc(-c3ccc4c(c3)C(CCCCCC)(CCCCCC)c3cc(-c5ccc(-c6ccc7c(c6)C(CCCCCC)(CCCCCC)c6cc(-c8ccc9c(c8)C(CCCCCC)(CCCCCC)c8cc(-c%10ccc%11c(c%10)C(CCCCCC)(CCCCCC)c%10ccccc%10-%11)ccc8-9)ccc6-7)nc5)ccc3-4)cc21. The van der Waals surface area contributed by atoms with Crippen LogP contribution >= 0.6 is 0 Å². The first-order valence-corrected chi connectivity index (χ1v) is 54.8. The molecule has 16 rings (SSSR count). The van der Waals surface area contributed by atoms with Crippen LogP contribution in [0.4, 0.5) is 0 Å². The van der Waals surface area contributed by atoms with Crippen LogP contribution in [0.25, 0.3) is 111 Å². The smallest absolute Gasteiger partial charge is 0.0702 e. The fraction of sp³-hybridized carbons (Fsp3) is 0.500. The second kappa shape index (κ2) is 45.1. The van der Waals surface area contributed by atoms with Gasteiger partial charge in [0.15, 0.2) is 0 Å². The summed E-state index contributed by atoms with van der Waals surface area (Å²) in [6.45, 7) is 23.8. The van der Waals surface area contributed by atoms with E-state index in [1.54, 1.807) is 50.1 Å². The average Bonchev–Trinajstić information content (AvgIpc) is 1.55. The molecule has 690 valence electrons. The quantitative estimate of drug-likeness (QED) is 0.0346. The maximum Gasteiger partial charge on any atom is 0.0702 e. The molecule has 0 aliphatic heterocycles. The van der Waals surface area contributed by atoms with Gasteiger partial charge in [-0.2, -0.15) is 0 Å². The minimum absolute atomic E-state index is 0.0476. The van der Waals surface area contributed by atoms with Crippen molar-refractivity contribution in [2.75, 3.05) is 0 Å². The largest absolute Gasteiger partial charge is 0.256 e. The summed E-state index contributed by atoms with van der Waals surface area (Å²) < 4.78 is 0. The third kappa shape index (κ3) is 19.6. The predicted octanol–water partition coefficient (Wildman–Crippen LogP) is 40.5. The van der Waals surface area contributed by atoms with Gasteiger partial charge in [0.05, 0.1) is 5.69 Å². The van der Waals surface area contributed by atoms with E-state index in [0.29, 0.717) is 0 Å². The fourth-order valence-electron chi connectivity index (χ4n) is 26.4. The monoisotopic (exact) mass is 1740 g/mol. The number of hydrogen-bond acceptors (Lipinski definition) is 1. The molecule has 10 aromatic carbocycles. The van der Waals surface area contributed by atoms with Crippen LogP contribution in [0.15, 0.2) is 212 Å². The summed E-state index contributed by atoms with van der Waals surface area (Å²) in [5.74, 6) is 0. The Morgan fingerprint density at radius 1 is 0.153 bits per heavy atom. The molecule has 1 heteroatoms. The highest BCUT2D eigenvalue weighted by Crippen LogP contribution is 2.63. The lowest BCUT2D eigenvalue weighted by Gasteiger charge is -2.34. The third-order valence-corrected chi connectivity index (χ3v) is 33.6. The van der Waals surface area contributed by atoms with Gasteiger partial charge in [0.1, 0.15) is 0 Å². The lowest BCUT2D eigenvalue weighted by Crippen LogP contribution is -2.26. The summed E-state index contributed by atoms with van der Waals surface area (Å²) in [6.07, 6.45) is 65.3. The molecule has 0 bridgehead atoms. The Hall–Kier alpha value is -8.65. The molecule has 0 fully saturated rings. The van der Waals surface area contributed by atoms with Crippen LogP contribution in [0.2, 0.25) is 0 Å². The van der Waals surface area contributed by atoms with Gasteiger partial charge in [-0.1, -0.05) is 478 Å². The van der Waals surface area contributed by atoms with E-state index in [2.05, 4.69) is 282 Å². The predicted molar refractivity (Wildman–Crippen MR) is 570 cm³/mol. The van der Waals surface area contributed by atoms with E-state index in [4.69, 9.17) is 4.98 Å². The molecule has 0 unspecified atom stereocenters. The molecule has 0 spiro atoms. The van der Waals surface area contributed by atoms with Crippen molar-refractivity contribution in [2.45, 2.75) is 417 Å². The molecule has 0 radical (unpaired) electrons. The van der Waals surface area contributed by atoms with Crippen LogP contribution in [-0.4, -0.2) is 4.98 Å². The van der Waals surface area contributed by atoms with E-state index < -0.39 is 0 Å². The Kier molecular flexibility index (Phi) is 32.9. The Morgan fingerprint density at radius 2 is 0.321 bits per heavy atom. The van der Waals surface area contributed by atoms with E-state index in [1.807, 2.05) is 0 Å². The van der Waals surface area contributed by atoms with E-state index in [0.717, 1.165) is 5.69 Å². The van der Waals surface area contributed by atoms with Gasteiger partial charge in [0.25, 0.3) is 0 Å². The molecule has 0 amide bonds. The van der Waals surface area contributed by atoms with Crippen LogP contribution < -0.4 is 0 Å². The Morgan fingerprint density at radius 3 is 0.519 bits per heavy atom. The molecule has 1 nitrogen and oxygen atoms in total. The lowest BCUT2D eigenvalue weighted by atomic mass is 9.69. The van der Waals surface area contributed by atoms with Crippen molar-refractivity contribution in [3.8, 4) is 111 Å². The minimum Gasteiger partial charge on any atom is -0.256 e. The van der Waals surface area contributed by atoms with Gasteiger partial charge in [-0.25, -0.2) is 0 Å². The van der Waals surface area contributed by atoms with Gasteiger partial charge in [0.2, 0.25) is 0 Å². The second-order valence-electron chi connectivity index (χ2n) is 42.1. The Balaban J connectivity index is 0.744. The number of aromatic nitrogens is 1. The van der Waals surface area contributed by atoms with Crippen molar-refractivity contribution in [1.82, 2.24) is 4.98 Å². The molecule has 0 saturated carbocycles. The molecule has 1 heterocycles. The summed E-state index contributed by atoms with van der Waals surface area (Å²) in [6, 6.07) is 86.1. The second-order valence-corrected chi connectivity index (χ2v) is 42.1. The molecule has 11 aromatic rings. The zero-order chi connectivity index (χ0) is 90.6. The van der Waals surface area contributed by atoms with Crippen LogP contribution in [0.5, 0.6) is 0 Å². The minimum atomic E-state index is -0.114. The fourth-order valence-corrected chi connectivity index (χ4v) is 26.4. The zero-order valence-electron chi connectivity index (χ0n) is 83.5. The number of fused-ring (bicyclic) bond motifs is 15. The summed E-state index contributed by atoms with van der Waals surface area (Å²) in [7, 11) is 0. The van der Waals surface area contributed by atoms with E-state index in [1.165, 1.54) is 432 Å². The van der Waals surface area contributed by atoms with Crippen molar-refractivity contribution < 1.29 is 0 Å². The molecule has 131 heavy (non-hydrogen) atoms. The summed E-state index contributed by atoms with van der Waals surface area (Å²) >= 11 is 0. The topological polar surface area (TPSA) is 12.9 Å². The van der Waals surface area contributed by atoms with Crippen LogP contribution in [-0.2, 0) is 27.1 Å². The van der Waals surface area contributed by atoms with Crippen molar-refractivity contribution in [3.63, 3.8) is 0 Å². The molecule has 0 N–H and O–H groups in total. The Bertz CT molecular complexity index is 5510. The van der Waals surface area contributed by atoms with Gasteiger partial charge < -0.3 is 0 Å². The Labute approximate surface area is 796 Å². The van der Waals surface area contributed by atoms with Gasteiger partial charge in [-0.3, -0.25) is 4.98 Å². The highest BCUT2D eigenvalue weighted by atomic mass is 14.7. The van der Waals surface area contributed by atoms with Crippen LogP contribution in [0.3, 0.4) is 0 Å². The highest BCUT2D eigenvalue weighted by Gasteiger charge is 2.49. The van der Waals surface area contributed by atoms with Crippen molar-refractivity contribution in [2.24, 2.45) is 0 Å². The molecular weight excluding hydrogens is 1580 g/mol. The van der Waals surface area contributed by atoms with Crippen molar-refractivity contribution >= 4 is 0 Å². The number of pyridine rings is 1. The summed E-state index contributed by atoms with van der Waals surface area (Å²) in [4.78, 5) is 5.61. The van der Waals surface area contributed by atoms with Crippen LogP contribution in [0, 0.1) is 0 Å². The molecule has 5 aliphatic carbocycles. The lowest BCUT2D eigenvalue weighted by molar-refractivity contribution is 0.400. The first-order chi connectivity index (χ1) is 64.5. The number of benzene rings is 10. The van der Waals surface area contributed by atoms with E-state index in [-0.39, 0.29) is 27.1 Å². The number of nitrogens with zero attached hydrogens (tertiary/aromatic N) is 1. The standard InChI is InChI=1S/C130H165N/c1-11-21-31-45-77-126(78-46-32-22-12-2)115-57-43-41-55-105(115)107-68-59-96(87-117(107)126)98-61-70-109-110-71-63-100(91-120(110)128(119(109)89-98,81-49-35-25-15-5)82-50-36-26-16-6)101-64-73-112-114-75-66-103(94-124(114)130(122(112)92-101,85-53-39-29-19-9)86-54-40-30-20-10)125-76-67-104(95-131-125)102-65-74-113-111-72-62-99(90-121(111)129(123(113)93-102,83-51-37-27-17-7)84-52-38-28-18-8)97-60-69-108-106-56-42-44-58-116(106)127(118(108)88-97,79-47-33-23-13-3)80-48-34-24-14-4/h41-44,55-76,87-95H,11-40,45-54,77-86H2,1-10H3. The van der Waals surface area contributed by atoms with Crippen LogP contribution in [0.1, 0.15) is 446 Å². The molecule has 5 aliphatic rings. The normalized spacial score (nSPS) is 14.8. The molecule has 0 saturated heterocycles. The van der Waals surface area contributed by atoms with Gasteiger partial charge in [-0.15, -0.1) is 0 Å². The maximum atomic E-state index is 5.61. The van der Waals surface area contributed by atoms with Gasteiger partial charge in [-0.05, 0) is 269 Å². The summed E-state index contributed by atoms with van der Waals surface area (Å²) in [5, 5.41) is 0. The molecule has 1 aromatic heterocycles. The van der Waals surface area contributed by atoms with Gasteiger partial charge in [0, 0.05) is 44.4 Å². The number of rotatable bonds is 55. The third-order valence-electron chi connectivity index (χ3n) is 33.6. The van der Waals surface area contributed by atoms with E-state index in [9.17, 15) is 0 Å².